The van der Waals surface area contributed by atoms with Crippen molar-refractivity contribution in [1.82, 2.24) is 4.72 Å². The quantitative estimate of drug-likeness (QED) is 0.392. The van der Waals surface area contributed by atoms with Gasteiger partial charge < -0.3 is 9.15 Å². The van der Waals surface area contributed by atoms with Gasteiger partial charge in [0.05, 0.1) is 17.8 Å². The van der Waals surface area contributed by atoms with Crippen LogP contribution in [0, 0.1) is 6.92 Å². The van der Waals surface area contributed by atoms with Crippen LogP contribution in [0.1, 0.15) is 18.2 Å². The molecule has 1 aromatic heterocycles. The van der Waals surface area contributed by atoms with Gasteiger partial charge in [0.1, 0.15) is 12.0 Å². The third kappa shape index (κ3) is 4.65. The lowest BCUT2D eigenvalue weighted by Gasteiger charge is -2.29. The van der Waals surface area contributed by atoms with Crippen molar-refractivity contribution in [3.63, 3.8) is 0 Å². The maximum Gasteiger partial charge on any atom is 0.336 e. The van der Waals surface area contributed by atoms with Gasteiger partial charge in [-0.05, 0) is 50.3 Å². The first-order chi connectivity index (χ1) is 13.2. The first-order valence-corrected chi connectivity index (χ1v) is 9.88. The molecule has 0 saturated heterocycles. The Morgan fingerprint density at radius 1 is 1.29 bits per heavy atom. The zero-order chi connectivity index (χ0) is 20.8. The molecule has 0 radical (unpaired) electrons. The van der Waals surface area contributed by atoms with Crippen molar-refractivity contribution in [1.29, 1.82) is 0 Å². The van der Waals surface area contributed by atoms with Crippen molar-refractivity contribution in [3.05, 3.63) is 72.2 Å². The summed E-state index contributed by atoms with van der Waals surface area (Å²) in [5.41, 5.74) is -1.59. The second-order valence-corrected chi connectivity index (χ2v) is 7.62. The Hall–Kier alpha value is -2.97. The average molecular weight is 403 g/mol. The Morgan fingerprint density at radius 2 is 1.96 bits per heavy atom. The van der Waals surface area contributed by atoms with E-state index in [1.165, 1.54) is 30.5 Å². The third-order valence-corrected chi connectivity index (χ3v) is 5.40. The standard InChI is InChI=1S/C20H21NO6S/c1-4-26-19(23)20(16(3)14-22,12-11-17-6-5-13-27-17)21-28(24,25)18-9-7-15(2)8-10-18/h5-14,21H,3-4H2,1-2H3/b12-11+/t20-/m0/s1. The van der Waals surface area contributed by atoms with Gasteiger partial charge in [0.25, 0.3) is 0 Å². The lowest BCUT2D eigenvalue weighted by atomic mass is 9.92. The van der Waals surface area contributed by atoms with Crippen molar-refractivity contribution in [2.24, 2.45) is 0 Å². The molecule has 0 amide bonds. The van der Waals surface area contributed by atoms with Gasteiger partial charge in [-0.15, -0.1) is 0 Å². The second kappa shape index (κ2) is 8.81. The summed E-state index contributed by atoms with van der Waals surface area (Å²) in [6.07, 6.45) is 4.27. The van der Waals surface area contributed by atoms with Gasteiger partial charge in [0.15, 0.2) is 5.54 Å². The number of carbonyl (C=O) groups is 2. The van der Waals surface area contributed by atoms with Gasteiger partial charge in [-0.25, -0.2) is 13.2 Å². The molecule has 8 heteroatoms. The molecule has 2 aromatic rings. The molecule has 7 nitrogen and oxygen atoms in total. The number of aryl methyl sites for hydroxylation is 1. The predicted octanol–water partition coefficient (Wildman–Crippen LogP) is 2.64. The Bertz CT molecular complexity index is 974. The van der Waals surface area contributed by atoms with E-state index >= 15 is 0 Å². The number of furan rings is 1. The molecular weight excluding hydrogens is 382 g/mol. The number of benzene rings is 1. The highest BCUT2D eigenvalue weighted by molar-refractivity contribution is 7.89. The van der Waals surface area contributed by atoms with E-state index in [9.17, 15) is 18.0 Å². The Kier molecular flexibility index (Phi) is 6.71. The van der Waals surface area contributed by atoms with Gasteiger partial charge in [0, 0.05) is 5.57 Å². The molecule has 0 saturated carbocycles. The van der Waals surface area contributed by atoms with Gasteiger partial charge in [-0.3, -0.25) is 4.79 Å². The SMILES string of the molecule is C=C(C=O)[C@](/C=C/c1ccco1)(NS(=O)(=O)c1ccc(C)cc1)C(=O)OCC. The van der Waals surface area contributed by atoms with Crippen molar-refractivity contribution in [3.8, 4) is 0 Å². The minimum Gasteiger partial charge on any atom is -0.465 e. The highest BCUT2D eigenvalue weighted by Gasteiger charge is 2.44. The van der Waals surface area contributed by atoms with Crippen LogP contribution in [0.3, 0.4) is 0 Å². The molecule has 1 atom stereocenters. The van der Waals surface area contributed by atoms with Crippen LogP contribution in [0.4, 0.5) is 0 Å². The fourth-order valence-corrected chi connectivity index (χ4v) is 3.69. The van der Waals surface area contributed by atoms with Gasteiger partial charge in [0.2, 0.25) is 10.0 Å². The van der Waals surface area contributed by atoms with Crippen molar-refractivity contribution < 1.29 is 27.2 Å². The maximum absolute atomic E-state index is 12.9. The minimum absolute atomic E-state index is 0.0203. The van der Waals surface area contributed by atoms with E-state index < -0.39 is 21.5 Å². The molecule has 2 rings (SSSR count). The highest BCUT2D eigenvalue weighted by atomic mass is 32.2. The first kappa shape index (κ1) is 21.3. The maximum atomic E-state index is 12.9. The highest BCUT2D eigenvalue weighted by Crippen LogP contribution is 2.24. The number of esters is 1. The van der Waals surface area contributed by atoms with Crippen LogP contribution in [-0.2, 0) is 24.3 Å². The predicted molar refractivity (Wildman–Crippen MR) is 104 cm³/mol. The van der Waals surface area contributed by atoms with Crippen molar-refractivity contribution in [2.75, 3.05) is 6.61 Å². The minimum atomic E-state index is -4.20. The molecule has 0 fully saturated rings. The van der Waals surface area contributed by atoms with Gasteiger partial charge >= 0.3 is 5.97 Å². The molecule has 1 N–H and O–H groups in total. The number of rotatable bonds is 9. The zero-order valence-electron chi connectivity index (χ0n) is 15.5. The molecule has 148 valence electrons. The zero-order valence-corrected chi connectivity index (χ0v) is 16.4. The number of ether oxygens (including phenoxy) is 1. The Labute approximate surface area is 163 Å². The van der Waals surface area contributed by atoms with E-state index in [0.29, 0.717) is 12.0 Å². The topological polar surface area (TPSA) is 103 Å². The van der Waals surface area contributed by atoms with Crippen molar-refractivity contribution >= 4 is 28.4 Å². The first-order valence-electron chi connectivity index (χ1n) is 8.40. The molecule has 0 aliphatic carbocycles. The fourth-order valence-electron chi connectivity index (χ4n) is 2.37. The summed E-state index contributed by atoms with van der Waals surface area (Å²) < 4.78 is 38.3. The molecule has 0 bridgehead atoms. The van der Waals surface area contributed by atoms with E-state index in [2.05, 4.69) is 11.3 Å². The summed E-state index contributed by atoms with van der Waals surface area (Å²) >= 11 is 0. The average Bonchev–Trinajstić information content (AvgIpc) is 3.18. The summed E-state index contributed by atoms with van der Waals surface area (Å²) in [6.45, 7) is 6.92. The van der Waals surface area contributed by atoms with Crippen LogP contribution in [0.25, 0.3) is 6.08 Å². The summed E-state index contributed by atoms with van der Waals surface area (Å²) in [5.74, 6) is -0.632. The number of hydrogen-bond donors (Lipinski definition) is 1. The number of hydrogen-bond acceptors (Lipinski definition) is 6. The van der Waals surface area contributed by atoms with Crippen LogP contribution < -0.4 is 4.72 Å². The molecule has 0 aliphatic heterocycles. The summed E-state index contributed by atoms with van der Waals surface area (Å²) in [7, 11) is -4.20. The smallest absolute Gasteiger partial charge is 0.336 e. The normalized spacial score (nSPS) is 13.8. The molecule has 0 aliphatic rings. The van der Waals surface area contributed by atoms with Crippen molar-refractivity contribution in [2.45, 2.75) is 24.3 Å². The largest absolute Gasteiger partial charge is 0.465 e. The lowest BCUT2D eigenvalue weighted by Crippen LogP contribution is -2.55. The molecule has 28 heavy (non-hydrogen) atoms. The molecule has 1 aromatic carbocycles. The van der Waals surface area contributed by atoms with Gasteiger partial charge in [-0.1, -0.05) is 24.3 Å². The lowest BCUT2D eigenvalue weighted by molar-refractivity contribution is -0.147. The Balaban J connectivity index is 2.57. The van der Waals surface area contributed by atoms with E-state index in [1.807, 2.05) is 6.92 Å². The van der Waals surface area contributed by atoms with E-state index in [0.717, 1.165) is 5.56 Å². The molecule has 0 spiro atoms. The molecule has 1 heterocycles. The number of nitrogens with one attached hydrogen (secondary N) is 1. The van der Waals surface area contributed by atoms with E-state index in [4.69, 9.17) is 9.15 Å². The summed E-state index contributed by atoms with van der Waals surface area (Å²) in [6, 6.07) is 9.25. The Morgan fingerprint density at radius 3 is 2.50 bits per heavy atom. The molecular formula is C20H21NO6S. The van der Waals surface area contributed by atoms with Crippen LogP contribution in [0.15, 0.2) is 70.2 Å². The van der Waals surface area contributed by atoms with Crippen LogP contribution in [0.2, 0.25) is 0 Å². The molecule has 0 unspecified atom stereocenters. The third-order valence-electron chi connectivity index (χ3n) is 3.91. The van der Waals surface area contributed by atoms with Crippen LogP contribution in [-0.4, -0.2) is 32.8 Å². The van der Waals surface area contributed by atoms with Gasteiger partial charge in [-0.2, -0.15) is 4.72 Å². The van der Waals surface area contributed by atoms with E-state index in [1.54, 1.807) is 31.2 Å². The second-order valence-electron chi connectivity index (χ2n) is 5.94. The van der Waals surface area contributed by atoms with Crippen LogP contribution >= 0.6 is 0 Å². The number of aldehydes is 1. The fraction of sp³-hybridized carbons (Fsp3) is 0.200. The summed E-state index contributed by atoms with van der Waals surface area (Å²) in [5, 5.41) is 0. The van der Waals surface area contributed by atoms with E-state index in [-0.39, 0.29) is 17.1 Å². The monoisotopic (exact) mass is 403 g/mol. The van der Waals surface area contributed by atoms with Crippen LogP contribution in [0.5, 0.6) is 0 Å². The summed E-state index contributed by atoms with van der Waals surface area (Å²) in [4.78, 5) is 24.2. The number of sulfonamides is 1. The number of carbonyl (C=O) groups excluding carboxylic acids is 2.